The van der Waals surface area contributed by atoms with Gasteiger partial charge in [-0.1, -0.05) is 6.92 Å². The monoisotopic (exact) mass is 357 g/mol. The van der Waals surface area contributed by atoms with Crippen LogP contribution in [0.1, 0.15) is 13.3 Å². The number of carbonyl (C=O) groups is 1. The van der Waals surface area contributed by atoms with Crippen LogP contribution in [0.4, 0.5) is 0 Å². The molecule has 5 N–H and O–H groups in total. The van der Waals surface area contributed by atoms with Gasteiger partial charge >= 0.3 is 0 Å². The van der Waals surface area contributed by atoms with Crippen LogP contribution in [0.15, 0.2) is 21.6 Å². The van der Waals surface area contributed by atoms with Crippen LogP contribution in [0.5, 0.6) is 0 Å². The number of hydrogen-bond acceptors (Lipinski definition) is 10. The molecule has 6 atom stereocenters. The highest BCUT2D eigenvalue weighted by molar-refractivity contribution is 5.96. The Hall–Kier alpha value is -1.63. The van der Waals surface area contributed by atoms with Crippen molar-refractivity contribution in [1.82, 2.24) is 15.6 Å². The molecule has 11 heteroatoms. The summed E-state index contributed by atoms with van der Waals surface area (Å²) in [5.74, 6) is -0.0405. The first-order chi connectivity index (χ1) is 11.9. The number of hydrogen-bond donors (Lipinski definition) is 5. The van der Waals surface area contributed by atoms with Gasteiger partial charge in [0, 0.05) is 13.6 Å². The maximum atomic E-state index is 12.8. The van der Waals surface area contributed by atoms with Gasteiger partial charge in [0.1, 0.15) is 36.6 Å². The predicted molar refractivity (Wildman–Crippen MR) is 82.3 cm³/mol. The highest BCUT2D eigenvalue weighted by Gasteiger charge is 2.51. The van der Waals surface area contributed by atoms with Crippen molar-refractivity contribution in [3.8, 4) is 0 Å². The van der Waals surface area contributed by atoms with Crippen molar-refractivity contribution in [3.05, 3.63) is 11.4 Å². The summed E-state index contributed by atoms with van der Waals surface area (Å²) in [5, 5.41) is 50.5. The molecule has 3 heterocycles. The average molecular weight is 357 g/mol. The Kier molecular flexibility index (Phi) is 5.04. The number of hydrazine groups is 2. The van der Waals surface area contributed by atoms with E-state index in [0.717, 1.165) is 6.42 Å². The first-order valence-electron chi connectivity index (χ1n) is 8.18. The molecule has 11 nitrogen and oxygen atoms in total. The summed E-state index contributed by atoms with van der Waals surface area (Å²) >= 11 is 0. The van der Waals surface area contributed by atoms with Crippen molar-refractivity contribution >= 4 is 5.91 Å². The van der Waals surface area contributed by atoms with E-state index in [4.69, 9.17) is 4.74 Å². The summed E-state index contributed by atoms with van der Waals surface area (Å²) < 4.78 is 5.53. The number of aliphatic hydroxyl groups excluding tert-OH is 4. The third-order valence-electron chi connectivity index (χ3n) is 4.57. The third-order valence-corrected chi connectivity index (χ3v) is 4.57. The molecule has 6 unspecified atom stereocenters. The second-order valence-electron chi connectivity index (χ2n) is 6.31. The van der Waals surface area contributed by atoms with Crippen molar-refractivity contribution in [2.75, 3.05) is 20.2 Å². The molecule has 0 saturated carbocycles. The van der Waals surface area contributed by atoms with E-state index in [1.165, 1.54) is 5.01 Å². The number of nitrogens with one attached hydrogen (secondary N) is 1. The molecule has 140 valence electrons. The quantitative estimate of drug-likeness (QED) is 0.370. The molecule has 3 aliphatic rings. The summed E-state index contributed by atoms with van der Waals surface area (Å²) in [7, 11) is 1.68. The molecule has 0 aromatic rings. The number of aliphatic hydroxyl groups is 4. The zero-order valence-electron chi connectivity index (χ0n) is 14.0. The van der Waals surface area contributed by atoms with Gasteiger partial charge in [-0.05, 0) is 6.42 Å². The van der Waals surface area contributed by atoms with E-state index < -0.39 is 43.2 Å². The number of amides is 1. The van der Waals surface area contributed by atoms with Gasteiger partial charge in [-0.15, -0.1) is 10.6 Å². The van der Waals surface area contributed by atoms with E-state index in [1.54, 1.807) is 12.1 Å². The number of ether oxygens (including phenoxy) is 1. The molecular weight excluding hydrogens is 334 g/mol. The first kappa shape index (κ1) is 18.2. The SMILES string of the molecule is CCCN1NN(C)C2=C(C1=O)C(C1OC(CO)C(O)C(O)C1O)N=N2. The Morgan fingerprint density at radius 2 is 1.96 bits per heavy atom. The lowest BCUT2D eigenvalue weighted by Gasteiger charge is -2.42. The van der Waals surface area contributed by atoms with E-state index in [0.29, 0.717) is 12.4 Å². The van der Waals surface area contributed by atoms with E-state index in [9.17, 15) is 25.2 Å². The molecule has 1 amide bonds. The average Bonchev–Trinajstić information content (AvgIpc) is 3.03. The van der Waals surface area contributed by atoms with Gasteiger partial charge in [0.05, 0.1) is 12.2 Å². The van der Waals surface area contributed by atoms with Gasteiger partial charge in [0.2, 0.25) is 0 Å². The van der Waals surface area contributed by atoms with Gasteiger partial charge in [-0.3, -0.25) is 14.8 Å². The van der Waals surface area contributed by atoms with Crippen LogP contribution >= 0.6 is 0 Å². The number of rotatable bonds is 4. The van der Waals surface area contributed by atoms with Crippen LogP contribution < -0.4 is 5.53 Å². The minimum Gasteiger partial charge on any atom is -0.394 e. The van der Waals surface area contributed by atoms with Crippen LogP contribution in [0.3, 0.4) is 0 Å². The zero-order valence-corrected chi connectivity index (χ0v) is 14.0. The lowest BCUT2D eigenvalue weighted by Crippen LogP contribution is -2.63. The van der Waals surface area contributed by atoms with Crippen molar-refractivity contribution in [3.63, 3.8) is 0 Å². The molecule has 1 saturated heterocycles. The number of azo groups is 1. The third kappa shape index (κ3) is 2.92. The molecular formula is C14H23N5O6. The van der Waals surface area contributed by atoms with Crippen molar-refractivity contribution in [1.29, 1.82) is 0 Å². The van der Waals surface area contributed by atoms with Gasteiger partial charge in [0.15, 0.2) is 5.82 Å². The molecule has 0 bridgehead atoms. The molecule has 0 spiro atoms. The number of nitrogens with zero attached hydrogens (tertiary/aromatic N) is 4. The first-order valence-corrected chi connectivity index (χ1v) is 8.18. The molecule has 3 rings (SSSR count). The zero-order chi connectivity index (χ0) is 18.3. The van der Waals surface area contributed by atoms with Gasteiger partial charge in [0.25, 0.3) is 5.91 Å². The van der Waals surface area contributed by atoms with Crippen molar-refractivity contribution in [2.24, 2.45) is 10.2 Å². The summed E-state index contributed by atoms with van der Waals surface area (Å²) in [5.41, 5.74) is 3.12. The fraction of sp³-hybridized carbons (Fsp3) is 0.786. The Morgan fingerprint density at radius 3 is 2.60 bits per heavy atom. The lowest BCUT2D eigenvalue weighted by atomic mass is 9.88. The van der Waals surface area contributed by atoms with E-state index in [2.05, 4.69) is 15.8 Å². The minimum atomic E-state index is -1.53. The molecule has 25 heavy (non-hydrogen) atoms. The Labute approximate surface area is 144 Å². The summed E-state index contributed by atoms with van der Waals surface area (Å²) in [6, 6.07) is -0.947. The van der Waals surface area contributed by atoms with Gasteiger partial charge in [-0.25, -0.2) is 0 Å². The van der Waals surface area contributed by atoms with Crippen LogP contribution in [-0.2, 0) is 9.53 Å². The number of carbonyl (C=O) groups excluding carboxylic acids is 1. The van der Waals surface area contributed by atoms with Crippen molar-refractivity contribution < 1.29 is 30.0 Å². The predicted octanol–water partition coefficient (Wildman–Crippen LogP) is -2.52. The second-order valence-corrected chi connectivity index (χ2v) is 6.31. The maximum Gasteiger partial charge on any atom is 0.271 e. The Balaban J connectivity index is 1.90. The van der Waals surface area contributed by atoms with Crippen LogP contribution in [0.25, 0.3) is 0 Å². The molecule has 3 aliphatic heterocycles. The fourth-order valence-corrected chi connectivity index (χ4v) is 3.25. The smallest absolute Gasteiger partial charge is 0.271 e. The fourth-order valence-electron chi connectivity index (χ4n) is 3.25. The largest absolute Gasteiger partial charge is 0.394 e. The Morgan fingerprint density at radius 1 is 1.24 bits per heavy atom. The molecule has 0 radical (unpaired) electrons. The standard InChI is InChI=1S/C14H23N5O6/c1-3-4-19-14(24)7-8(15-16-13(7)18(2)17-19)12-11(23)10(22)9(21)6(5-20)25-12/h6,8-12,17,20-23H,3-5H2,1-2H3. The second kappa shape index (κ2) is 6.94. The summed E-state index contributed by atoms with van der Waals surface area (Å²) in [4.78, 5) is 12.8. The molecule has 1 fully saturated rings. The van der Waals surface area contributed by atoms with Gasteiger partial charge < -0.3 is 25.2 Å². The maximum absolute atomic E-state index is 12.8. The molecule has 0 aliphatic carbocycles. The van der Waals surface area contributed by atoms with Gasteiger partial charge in [-0.2, -0.15) is 5.11 Å². The minimum absolute atomic E-state index is 0.235. The topological polar surface area (TPSA) is 150 Å². The van der Waals surface area contributed by atoms with Crippen molar-refractivity contribution in [2.45, 2.75) is 49.9 Å². The highest BCUT2D eigenvalue weighted by atomic mass is 16.5. The molecule has 0 aromatic carbocycles. The van der Waals surface area contributed by atoms with Crippen LogP contribution in [-0.4, -0.2) is 93.1 Å². The normalized spacial score (nSPS) is 38.6. The van der Waals surface area contributed by atoms with E-state index in [-0.39, 0.29) is 11.5 Å². The summed E-state index contributed by atoms with van der Waals surface area (Å²) in [6.45, 7) is 1.84. The van der Waals surface area contributed by atoms with Crippen LogP contribution in [0, 0.1) is 0 Å². The van der Waals surface area contributed by atoms with Crippen LogP contribution in [0.2, 0.25) is 0 Å². The summed E-state index contributed by atoms with van der Waals surface area (Å²) in [6.07, 6.45) is -5.94. The highest BCUT2D eigenvalue weighted by Crippen LogP contribution is 2.35. The molecule has 0 aromatic heterocycles. The van der Waals surface area contributed by atoms with E-state index in [1.807, 2.05) is 6.92 Å². The Bertz CT molecular complexity index is 596. The van der Waals surface area contributed by atoms with E-state index >= 15 is 0 Å². The lowest BCUT2D eigenvalue weighted by molar-refractivity contribution is -0.231.